The maximum absolute atomic E-state index is 13.3. The lowest BCUT2D eigenvalue weighted by molar-refractivity contribution is 0.0594. The van der Waals surface area contributed by atoms with Crippen molar-refractivity contribution in [2.24, 2.45) is 13.0 Å². The number of nitrogens with zero attached hydrogens (tertiary/aromatic N) is 4. The van der Waals surface area contributed by atoms with E-state index in [1.165, 1.54) is 0 Å². The Labute approximate surface area is 163 Å². The topological polar surface area (TPSA) is 60.1 Å². The number of hydrogen-bond acceptors (Lipinski definition) is 3. The molecule has 0 radical (unpaired) electrons. The minimum absolute atomic E-state index is 0.0606. The monoisotopic (exact) mass is 374 g/mol. The Morgan fingerprint density at radius 1 is 1.11 bits per heavy atom. The van der Waals surface area contributed by atoms with Gasteiger partial charge in [-0.05, 0) is 30.5 Å². The van der Waals surface area contributed by atoms with E-state index < -0.39 is 0 Å². The lowest BCUT2D eigenvalue weighted by Gasteiger charge is -2.42. The molecule has 3 aromatic rings. The summed E-state index contributed by atoms with van der Waals surface area (Å²) in [6, 6.07) is 13.2. The molecule has 0 N–H and O–H groups in total. The summed E-state index contributed by atoms with van der Waals surface area (Å²) in [5.74, 6) is 0.617. The van der Waals surface area contributed by atoms with Gasteiger partial charge < -0.3 is 14.0 Å². The molecule has 2 aromatic heterocycles. The molecule has 1 amide bonds. The quantitative estimate of drug-likeness (QED) is 0.692. The number of fused-ring (bicyclic) bond motifs is 4. The van der Waals surface area contributed by atoms with Gasteiger partial charge >= 0.3 is 0 Å². The van der Waals surface area contributed by atoms with Gasteiger partial charge in [0, 0.05) is 55.5 Å². The highest BCUT2D eigenvalue weighted by Crippen LogP contribution is 2.35. The van der Waals surface area contributed by atoms with Gasteiger partial charge in [0.15, 0.2) is 0 Å². The third kappa shape index (κ3) is 2.76. The van der Waals surface area contributed by atoms with Crippen LogP contribution in [0, 0.1) is 5.92 Å². The molecule has 1 fully saturated rings. The van der Waals surface area contributed by atoms with Gasteiger partial charge in [0.05, 0.1) is 18.2 Å². The molecule has 5 rings (SSSR count). The Hall–Kier alpha value is -3.15. The summed E-state index contributed by atoms with van der Waals surface area (Å²) < 4.78 is 3.84. The summed E-state index contributed by atoms with van der Waals surface area (Å²) in [4.78, 5) is 31.6. The van der Waals surface area contributed by atoms with Crippen molar-refractivity contribution < 1.29 is 4.79 Å². The molecule has 0 spiro atoms. The van der Waals surface area contributed by atoms with Crippen LogP contribution in [-0.2, 0) is 13.6 Å². The van der Waals surface area contributed by atoms with Gasteiger partial charge in [-0.25, -0.2) is 4.98 Å². The second-order valence-corrected chi connectivity index (χ2v) is 7.88. The van der Waals surface area contributed by atoms with Crippen LogP contribution in [0.5, 0.6) is 0 Å². The zero-order valence-corrected chi connectivity index (χ0v) is 15.8. The molecule has 2 bridgehead atoms. The Kier molecular flexibility index (Phi) is 3.93. The minimum atomic E-state index is 0.0606. The number of benzene rings is 1. The van der Waals surface area contributed by atoms with E-state index in [0.717, 1.165) is 23.4 Å². The number of rotatable bonds is 2. The molecular weight excluding hydrogens is 352 g/mol. The molecule has 6 heteroatoms. The van der Waals surface area contributed by atoms with Gasteiger partial charge in [-0.1, -0.05) is 18.2 Å². The lowest BCUT2D eigenvalue weighted by atomic mass is 9.83. The van der Waals surface area contributed by atoms with Crippen molar-refractivity contribution in [3.8, 4) is 11.3 Å². The van der Waals surface area contributed by atoms with E-state index in [1.807, 2.05) is 63.7 Å². The Balaban J connectivity index is 1.43. The molecule has 2 aliphatic heterocycles. The summed E-state index contributed by atoms with van der Waals surface area (Å²) in [5, 5.41) is 0. The third-order valence-electron chi connectivity index (χ3n) is 5.99. The van der Waals surface area contributed by atoms with E-state index >= 15 is 0 Å². The summed E-state index contributed by atoms with van der Waals surface area (Å²) in [6.07, 6.45) is 4.61. The van der Waals surface area contributed by atoms with Crippen molar-refractivity contribution in [2.45, 2.75) is 18.9 Å². The fourth-order valence-electron chi connectivity index (χ4n) is 4.69. The van der Waals surface area contributed by atoms with E-state index in [2.05, 4.69) is 4.98 Å². The van der Waals surface area contributed by atoms with Crippen molar-refractivity contribution in [2.75, 3.05) is 13.1 Å². The van der Waals surface area contributed by atoms with Gasteiger partial charge in [0.2, 0.25) is 0 Å². The van der Waals surface area contributed by atoms with Gasteiger partial charge in [-0.15, -0.1) is 0 Å². The van der Waals surface area contributed by atoms with Crippen LogP contribution in [0.2, 0.25) is 0 Å². The standard InChI is InChI=1S/C22H22N4O2/c1-24-14-23-10-20(24)16-4-2-5-17(9-16)22(28)25-11-15-8-18(13-25)19-6-3-7-21(27)26(19)12-15/h2-7,9-10,14-15,18H,8,11-13H2,1H3/t15-,18-/m0/s1. The van der Waals surface area contributed by atoms with Crippen LogP contribution >= 0.6 is 0 Å². The molecule has 0 aliphatic carbocycles. The fraction of sp³-hybridized carbons (Fsp3) is 0.318. The van der Waals surface area contributed by atoms with E-state index in [1.54, 1.807) is 12.4 Å². The first kappa shape index (κ1) is 17.0. The van der Waals surface area contributed by atoms with Crippen molar-refractivity contribution in [3.05, 3.63) is 76.6 Å². The first-order valence-corrected chi connectivity index (χ1v) is 9.66. The van der Waals surface area contributed by atoms with E-state index in [0.29, 0.717) is 31.1 Å². The normalized spacial score (nSPS) is 20.7. The highest BCUT2D eigenvalue weighted by molar-refractivity contribution is 5.95. The van der Waals surface area contributed by atoms with Crippen LogP contribution in [0.25, 0.3) is 11.3 Å². The molecule has 2 atom stereocenters. The van der Waals surface area contributed by atoms with Crippen LogP contribution in [-0.4, -0.2) is 38.0 Å². The van der Waals surface area contributed by atoms with E-state index in [9.17, 15) is 9.59 Å². The highest BCUT2D eigenvalue weighted by atomic mass is 16.2. The SMILES string of the molecule is Cn1cncc1-c1cccc(C(=O)N2C[C@@H]3C[C@@H](C2)c2cccc(=O)n2C3)c1. The van der Waals surface area contributed by atoms with Gasteiger partial charge in [-0.2, -0.15) is 0 Å². The third-order valence-corrected chi connectivity index (χ3v) is 5.99. The zero-order valence-electron chi connectivity index (χ0n) is 15.8. The van der Waals surface area contributed by atoms with E-state index in [-0.39, 0.29) is 17.4 Å². The van der Waals surface area contributed by atoms with Gasteiger partial charge in [0.1, 0.15) is 0 Å². The number of carbonyl (C=O) groups is 1. The maximum Gasteiger partial charge on any atom is 0.253 e. The average Bonchev–Trinajstić information content (AvgIpc) is 3.14. The van der Waals surface area contributed by atoms with Crippen molar-refractivity contribution in [1.29, 1.82) is 0 Å². The molecule has 142 valence electrons. The molecule has 28 heavy (non-hydrogen) atoms. The number of aryl methyl sites for hydroxylation is 1. The lowest BCUT2D eigenvalue weighted by Crippen LogP contribution is -2.49. The maximum atomic E-state index is 13.3. The number of aromatic nitrogens is 3. The highest BCUT2D eigenvalue weighted by Gasteiger charge is 2.36. The number of imidazole rings is 1. The van der Waals surface area contributed by atoms with E-state index in [4.69, 9.17) is 0 Å². The number of pyridine rings is 1. The fourth-order valence-corrected chi connectivity index (χ4v) is 4.69. The Morgan fingerprint density at radius 3 is 2.79 bits per heavy atom. The van der Waals surface area contributed by atoms with Crippen molar-refractivity contribution >= 4 is 5.91 Å². The predicted molar refractivity (Wildman–Crippen MR) is 106 cm³/mol. The van der Waals surface area contributed by atoms with Gasteiger partial charge in [0.25, 0.3) is 11.5 Å². The molecule has 2 aliphatic rings. The van der Waals surface area contributed by atoms with Crippen molar-refractivity contribution in [3.63, 3.8) is 0 Å². The number of carbonyl (C=O) groups excluding carboxylic acids is 1. The van der Waals surface area contributed by atoms with Crippen molar-refractivity contribution in [1.82, 2.24) is 19.0 Å². The second kappa shape index (κ2) is 6.48. The predicted octanol–water partition coefficient (Wildman–Crippen LogP) is 2.51. The van der Waals surface area contributed by atoms with Gasteiger partial charge in [-0.3, -0.25) is 9.59 Å². The van der Waals surface area contributed by atoms with Crippen LogP contribution in [0.1, 0.15) is 28.4 Å². The molecule has 1 aromatic carbocycles. The molecular formula is C22H22N4O2. The molecule has 0 saturated carbocycles. The zero-order chi connectivity index (χ0) is 19.3. The molecule has 6 nitrogen and oxygen atoms in total. The summed E-state index contributed by atoms with van der Waals surface area (Å²) in [7, 11) is 1.95. The number of piperidine rings is 1. The Bertz CT molecular complexity index is 1110. The summed E-state index contributed by atoms with van der Waals surface area (Å²) in [5.41, 5.74) is 3.79. The molecule has 1 saturated heterocycles. The molecule has 0 unspecified atom stereocenters. The summed E-state index contributed by atoms with van der Waals surface area (Å²) in [6.45, 7) is 2.06. The van der Waals surface area contributed by atoms with Crippen LogP contribution < -0.4 is 5.56 Å². The largest absolute Gasteiger partial charge is 0.338 e. The minimum Gasteiger partial charge on any atom is -0.338 e. The molecule has 4 heterocycles. The summed E-state index contributed by atoms with van der Waals surface area (Å²) >= 11 is 0. The first-order valence-electron chi connectivity index (χ1n) is 9.66. The van der Waals surface area contributed by atoms with Crippen LogP contribution in [0.15, 0.2) is 59.8 Å². The second-order valence-electron chi connectivity index (χ2n) is 7.88. The number of amides is 1. The first-order chi connectivity index (χ1) is 13.6. The van der Waals surface area contributed by atoms with Crippen LogP contribution in [0.4, 0.5) is 0 Å². The number of likely N-dealkylation sites (tertiary alicyclic amines) is 1. The Morgan fingerprint density at radius 2 is 1.96 bits per heavy atom. The average molecular weight is 374 g/mol. The smallest absolute Gasteiger partial charge is 0.253 e. The van der Waals surface area contributed by atoms with Crippen LogP contribution in [0.3, 0.4) is 0 Å². The number of hydrogen-bond donors (Lipinski definition) is 0.